The Morgan fingerprint density at radius 1 is 1.14 bits per heavy atom. The standard InChI is InChI=1S/C25H27Cl2N5O4/c1-15-23(27)24(20-12-17(6-7-28-20)25-35-16(2)36-25)29-32(15)14-22(33)31-10-8-30(9-11-31)18-4-5-19(26)21(13-18)34-3/h4-7,12-13,16,25H,8-11,14H2,1-3H3. The number of piperazine rings is 1. The van der Waals surface area contributed by atoms with Crippen LogP contribution in [-0.4, -0.2) is 65.2 Å². The zero-order valence-corrected chi connectivity index (χ0v) is 21.8. The molecule has 1 amide bonds. The van der Waals surface area contributed by atoms with Gasteiger partial charge < -0.3 is 24.0 Å². The number of halogens is 2. The number of anilines is 1. The molecular weight excluding hydrogens is 505 g/mol. The molecule has 0 radical (unpaired) electrons. The van der Waals surface area contributed by atoms with E-state index in [1.807, 2.05) is 49.1 Å². The van der Waals surface area contributed by atoms with Crippen molar-refractivity contribution in [3.63, 3.8) is 0 Å². The third-order valence-corrected chi connectivity index (χ3v) is 7.24. The van der Waals surface area contributed by atoms with Crippen LogP contribution in [-0.2, 0) is 20.8 Å². The van der Waals surface area contributed by atoms with Gasteiger partial charge in [0.15, 0.2) is 12.6 Å². The SMILES string of the molecule is COc1cc(N2CCN(C(=O)Cn3nc(-c4cc(C5OC(C)O5)ccn4)c(Cl)c3C)CC2)ccc1Cl. The summed E-state index contributed by atoms with van der Waals surface area (Å²) in [4.78, 5) is 21.6. The van der Waals surface area contributed by atoms with Gasteiger partial charge in [-0.05, 0) is 38.1 Å². The number of hydrogen-bond acceptors (Lipinski definition) is 7. The molecule has 0 N–H and O–H groups in total. The normalized spacial score (nSPS) is 19.8. The Bertz CT molecular complexity index is 1270. The van der Waals surface area contributed by atoms with Crippen molar-refractivity contribution in [3.05, 3.63) is 57.8 Å². The minimum Gasteiger partial charge on any atom is -0.495 e. The molecule has 0 atom stereocenters. The van der Waals surface area contributed by atoms with Gasteiger partial charge in [-0.15, -0.1) is 0 Å². The second-order valence-corrected chi connectivity index (χ2v) is 9.52. The zero-order chi connectivity index (χ0) is 25.4. The molecule has 0 spiro atoms. The van der Waals surface area contributed by atoms with Gasteiger partial charge in [-0.1, -0.05) is 23.2 Å². The quantitative estimate of drug-likeness (QED) is 0.468. The van der Waals surface area contributed by atoms with E-state index >= 15 is 0 Å². The largest absolute Gasteiger partial charge is 0.495 e. The minimum absolute atomic E-state index is 0.0101. The zero-order valence-electron chi connectivity index (χ0n) is 20.3. The maximum Gasteiger partial charge on any atom is 0.244 e. The van der Waals surface area contributed by atoms with Crippen molar-refractivity contribution in [1.29, 1.82) is 0 Å². The van der Waals surface area contributed by atoms with Crippen molar-refractivity contribution >= 4 is 34.8 Å². The molecule has 2 aliphatic heterocycles. The van der Waals surface area contributed by atoms with Crippen molar-refractivity contribution in [2.75, 3.05) is 38.2 Å². The number of pyridine rings is 1. The van der Waals surface area contributed by atoms with Gasteiger partial charge in [-0.3, -0.25) is 14.5 Å². The fourth-order valence-corrected chi connectivity index (χ4v) is 4.79. The lowest BCUT2D eigenvalue weighted by molar-refractivity contribution is -0.382. The first kappa shape index (κ1) is 24.8. The summed E-state index contributed by atoms with van der Waals surface area (Å²) in [5, 5.41) is 5.66. The Balaban J connectivity index is 1.24. The van der Waals surface area contributed by atoms with Gasteiger partial charge in [0.05, 0.1) is 28.5 Å². The van der Waals surface area contributed by atoms with Crippen LogP contribution in [0.15, 0.2) is 36.5 Å². The summed E-state index contributed by atoms with van der Waals surface area (Å²) < 4.78 is 18.1. The van der Waals surface area contributed by atoms with E-state index in [4.69, 9.17) is 37.4 Å². The van der Waals surface area contributed by atoms with Gasteiger partial charge >= 0.3 is 0 Å². The van der Waals surface area contributed by atoms with Gasteiger partial charge in [0.2, 0.25) is 5.91 Å². The van der Waals surface area contributed by atoms with Crippen molar-refractivity contribution in [2.45, 2.75) is 33.0 Å². The van der Waals surface area contributed by atoms with Crippen molar-refractivity contribution in [3.8, 4) is 17.1 Å². The maximum atomic E-state index is 13.1. The van der Waals surface area contributed by atoms with Crippen LogP contribution in [0.5, 0.6) is 5.75 Å². The first-order valence-corrected chi connectivity index (χ1v) is 12.5. The van der Waals surface area contributed by atoms with E-state index in [2.05, 4.69) is 15.0 Å². The van der Waals surface area contributed by atoms with Crippen LogP contribution in [0.4, 0.5) is 5.69 Å². The monoisotopic (exact) mass is 531 g/mol. The second kappa shape index (κ2) is 10.3. The van der Waals surface area contributed by atoms with Gasteiger partial charge in [0.25, 0.3) is 0 Å². The third-order valence-electron chi connectivity index (χ3n) is 6.48. The lowest BCUT2D eigenvalue weighted by atomic mass is 10.1. The Hall–Kier alpha value is -2.85. The molecule has 2 saturated heterocycles. The number of rotatable bonds is 6. The third kappa shape index (κ3) is 4.88. The van der Waals surface area contributed by atoms with Gasteiger partial charge in [0, 0.05) is 49.7 Å². The average molecular weight is 532 g/mol. The van der Waals surface area contributed by atoms with Crippen molar-refractivity contribution in [2.24, 2.45) is 0 Å². The molecular formula is C25H27Cl2N5O4. The summed E-state index contributed by atoms with van der Waals surface area (Å²) >= 11 is 12.8. The Labute approximate surface area is 219 Å². The van der Waals surface area contributed by atoms with E-state index in [0.29, 0.717) is 59.1 Å². The van der Waals surface area contributed by atoms with E-state index in [1.165, 1.54) is 0 Å². The highest BCUT2D eigenvalue weighted by atomic mass is 35.5. The molecule has 3 aromatic rings. The molecule has 36 heavy (non-hydrogen) atoms. The van der Waals surface area contributed by atoms with E-state index in [-0.39, 0.29) is 18.7 Å². The predicted molar refractivity (Wildman–Crippen MR) is 136 cm³/mol. The van der Waals surface area contributed by atoms with Crippen molar-refractivity contribution < 1.29 is 19.0 Å². The van der Waals surface area contributed by atoms with Gasteiger partial charge in [-0.25, -0.2) is 0 Å². The molecule has 0 unspecified atom stereocenters. The number of benzene rings is 1. The van der Waals surface area contributed by atoms with Crippen LogP contribution in [0.3, 0.4) is 0 Å². The van der Waals surface area contributed by atoms with Crippen LogP contribution in [0.25, 0.3) is 11.4 Å². The summed E-state index contributed by atoms with van der Waals surface area (Å²) in [6.45, 7) is 6.42. The average Bonchev–Trinajstić information content (AvgIpc) is 3.15. The molecule has 0 aliphatic carbocycles. The highest BCUT2D eigenvalue weighted by molar-refractivity contribution is 6.33. The fraction of sp³-hybridized carbons (Fsp3) is 0.400. The van der Waals surface area contributed by atoms with E-state index in [1.54, 1.807) is 18.0 Å². The Morgan fingerprint density at radius 2 is 1.89 bits per heavy atom. The molecule has 0 saturated carbocycles. The lowest BCUT2D eigenvalue weighted by Crippen LogP contribution is -2.49. The van der Waals surface area contributed by atoms with E-state index < -0.39 is 6.29 Å². The van der Waals surface area contributed by atoms with Gasteiger partial charge in [-0.2, -0.15) is 5.10 Å². The first-order chi connectivity index (χ1) is 17.3. The number of nitrogens with zero attached hydrogens (tertiary/aromatic N) is 5. The molecule has 4 heterocycles. The van der Waals surface area contributed by atoms with Crippen LogP contribution in [0.1, 0.15) is 24.5 Å². The van der Waals surface area contributed by atoms with Crippen molar-refractivity contribution in [1.82, 2.24) is 19.7 Å². The van der Waals surface area contributed by atoms with Gasteiger partial charge in [0.1, 0.15) is 18.0 Å². The number of methoxy groups -OCH3 is 1. The number of ether oxygens (including phenoxy) is 3. The molecule has 11 heteroatoms. The smallest absolute Gasteiger partial charge is 0.244 e. The summed E-state index contributed by atoms with van der Waals surface area (Å²) in [7, 11) is 1.60. The molecule has 2 aromatic heterocycles. The topological polar surface area (TPSA) is 82.0 Å². The summed E-state index contributed by atoms with van der Waals surface area (Å²) in [6.07, 6.45) is 1.03. The van der Waals surface area contributed by atoms with Crippen LogP contribution < -0.4 is 9.64 Å². The summed E-state index contributed by atoms with van der Waals surface area (Å²) in [5.41, 5.74) is 3.70. The highest BCUT2D eigenvalue weighted by Crippen LogP contribution is 2.35. The minimum atomic E-state index is -0.419. The number of carbonyl (C=O) groups excluding carboxylic acids is 1. The van der Waals surface area contributed by atoms with Crippen LogP contribution in [0.2, 0.25) is 10.0 Å². The lowest BCUT2D eigenvalue weighted by Gasteiger charge is -2.36. The number of hydrogen-bond donors (Lipinski definition) is 0. The molecule has 0 bridgehead atoms. The predicted octanol–water partition coefficient (Wildman–Crippen LogP) is 4.31. The molecule has 190 valence electrons. The second-order valence-electron chi connectivity index (χ2n) is 8.74. The van der Waals surface area contributed by atoms with Crippen LogP contribution in [0, 0.1) is 6.92 Å². The molecule has 2 fully saturated rings. The maximum absolute atomic E-state index is 13.1. The number of aromatic nitrogens is 3. The van der Waals surface area contributed by atoms with E-state index in [9.17, 15) is 4.79 Å². The molecule has 1 aromatic carbocycles. The Morgan fingerprint density at radius 3 is 2.58 bits per heavy atom. The molecule has 2 aliphatic rings. The number of amides is 1. The summed E-state index contributed by atoms with van der Waals surface area (Å²) in [5.74, 6) is 0.626. The molecule has 9 nitrogen and oxygen atoms in total. The Kier molecular flexibility index (Phi) is 7.07. The first-order valence-electron chi connectivity index (χ1n) is 11.7. The fourth-order valence-electron chi connectivity index (χ4n) is 4.37. The highest BCUT2D eigenvalue weighted by Gasteiger charge is 2.29. The van der Waals surface area contributed by atoms with Crippen LogP contribution >= 0.6 is 23.2 Å². The summed E-state index contributed by atoms with van der Waals surface area (Å²) in [6, 6.07) is 9.39. The number of carbonyl (C=O) groups is 1. The van der Waals surface area contributed by atoms with E-state index in [0.717, 1.165) is 11.3 Å². The molecule has 5 rings (SSSR count).